The van der Waals surface area contributed by atoms with Crippen molar-refractivity contribution in [3.8, 4) is 0 Å². The second-order valence-electron chi connectivity index (χ2n) is 6.14. The number of hydrogen-bond donors (Lipinski definition) is 1. The molecule has 0 aliphatic carbocycles. The van der Waals surface area contributed by atoms with Crippen LogP contribution in [0.2, 0.25) is 0 Å². The van der Waals surface area contributed by atoms with Gasteiger partial charge < -0.3 is 14.9 Å². The Labute approximate surface area is 114 Å². The zero-order valence-electron chi connectivity index (χ0n) is 11.9. The molecule has 2 saturated heterocycles. The summed E-state index contributed by atoms with van der Waals surface area (Å²) in [5, 5.41) is 10.1. The van der Waals surface area contributed by atoms with Crippen molar-refractivity contribution in [2.45, 2.75) is 45.1 Å². The van der Waals surface area contributed by atoms with Gasteiger partial charge in [-0.25, -0.2) is 0 Å². The van der Waals surface area contributed by atoms with Gasteiger partial charge in [0.2, 0.25) is 11.8 Å². The number of rotatable bonds is 1. The van der Waals surface area contributed by atoms with Crippen LogP contribution in [-0.4, -0.2) is 58.5 Å². The number of piperidine rings is 2. The van der Waals surface area contributed by atoms with E-state index in [4.69, 9.17) is 0 Å². The Morgan fingerprint density at radius 1 is 1.16 bits per heavy atom. The van der Waals surface area contributed by atoms with E-state index in [1.54, 1.807) is 23.6 Å². The van der Waals surface area contributed by atoms with Crippen LogP contribution in [0.4, 0.5) is 0 Å². The Kier molecular flexibility index (Phi) is 4.13. The molecule has 0 aromatic heterocycles. The van der Waals surface area contributed by atoms with Crippen LogP contribution in [0.15, 0.2) is 0 Å². The molecule has 2 aliphatic heterocycles. The highest BCUT2D eigenvalue weighted by atomic mass is 16.3. The molecule has 0 bridgehead atoms. The van der Waals surface area contributed by atoms with E-state index in [1.165, 1.54) is 0 Å². The van der Waals surface area contributed by atoms with E-state index in [1.807, 2.05) is 0 Å². The zero-order chi connectivity index (χ0) is 14.0. The van der Waals surface area contributed by atoms with Crippen LogP contribution in [0.5, 0.6) is 0 Å². The highest BCUT2D eigenvalue weighted by Crippen LogP contribution is 2.25. The average molecular weight is 268 g/mol. The molecule has 2 amide bonds. The smallest absolute Gasteiger partial charge is 0.225 e. The van der Waals surface area contributed by atoms with Crippen LogP contribution < -0.4 is 0 Å². The van der Waals surface area contributed by atoms with Crippen LogP contribution in [0.3, 0.4) is 0 Å². The van der Waals surface area contributed by atoms with Gasteiger partial charge in [-0.1, -0.05) is 0 Å². The van der Waals surface area contributed by atoms with Crippen molar-refractivity contribution in [2.75, 3.05) is 26.2 Å². The first-order valence-electron chi connectivity index (χ1n) is 7.16. The van der Waals surface area contributed by atoms with Gasteiger partial charge in [-0.15, -0.1) is 0 Å². The maximum Gasteiger partial charge on any atom is 0.225 e. The third-order valence-corrected chi connectivity index (χ3v) is 4.28. The molecule has 1 N–H and O–H groups in total. The third kappa shape index (κ3) is 3.47. The van der Waals surface area contributed by atoms with E-state index >= 15 is 0 Å². The van der Waals surface area contributed by atoms with Crippen LogP contribution >= 0.6 is 0 Å². The van der Waals surface area contributed by atoms with Gasteiger partial charge >= 0.3 is 0 Å². The molecule has 1 atom stereocenters. The fourth-order valence-corrected chi connectivity index (χ4v) is 3.11. The first-order valence-corrected chi connectivity index (χ1v) is 7.16. The summed E-state index contributed by atoms with van der Waals surface area (Å²) in [6.07, 6.45) is 3.12. The van der Waals surface area contributed by atoms with Crippen LogP contribution in [0.25, 0.3) is 0 Å². The minimum atomic E-state index is -0.742. The number of carbonyl (C=O) groups excluding carboxylic acids is 2. The molecular weight excluding hydrogens is 244 g/mol. The van der Waals surface area contributed by atoms with E-state index in [2.05, 4.69) is 0 Å². The van der Waals surface area contributed by atoms with Gasteiger partial charge in [-0.2, -0.15) is 0 Å². The molecule has 2 rings (SSSR count). The molecule has 108 valence electrons. The Hall–Kier alpha value is -1.10. The van der Waals surface area contributed by atoms with Gasteiger partial charge in [0, 0.05) is 39.0 Å². The lowest BCUT2D eigenvalue weighted by Gasteiger charge is -2.40. The maximum atomic E-state index is 12.4. The second kappa shape index (κ2) is 5.49. The van der Waals surface area contributed by atoms with E-state index in [-0.39, 0.29) is 17.7 Å². The van der Waals surface area contributed by atoms with Gasteiger partial charge in [0.05, 0.1) is 5.60 Å². The van der Waals surface area contributed by atoms with Crippen LogP contribution in [0.1, 0.15) is 39.5 Å². The fourth-order valence-electron chi connectivity index (χ4n) is 3.11. The summed E-state index contributed by atoms with van der Waals surface area (Å²) in [5.74, 6) is 0.263. The van der Waals surface area contributed by atoms with Gasteiger partial charge in [0.15, 0.2) is 0 Å². The SMILES string of the molecule is CC(=O)N1CCC(C(=O)N2CCCC(C)(O)C2)CC1. The molecule has 2 heterocycles. The first-order chi connectivity index (χ1) is 8.89. The lowest BCUT2D eigenvalue weighted by atomic mass is 9.91. The van der Waals surface area contributed by atoms with E-state index in [9.17, 15) is 14.7 Å². The molecule has 0 spiro atoms. The summed E-state index contributed by atoms with van der Waals surface area (Å²) in [4.78, 5) is 27.3. The summed E-state index contributed by atoms with van der Waals surface area (Å²) in [7, 11) is 0. The van der Waals surface area contributed by atoms with Crippen molar-refractivity contribution < 1.29 is 14.7 Å². The van der Waals surface area contributed by atoms with Crippen molar-refractivity contribution >= 4 is 11.8 Å². The Balaban J connectivity index is 1.89. The number of nitrogens with zero attached hydrogens (tertiary/aromatic N) is 2. The molecule has 5 heteroatoms. The highest BCUT2D eigenvalue weighted by Gasteiger charge is 2.35. The molecule has 5 nitrogen and oxygen atoms in total. The summed E-state index contributed by atoms with van der Waals surface area (Å²) in [5.41, 5.74) is -0.742. The molecule has 0 aromatic carbocycles. The monoisotopic (exact) mass is 268 g/mol. The van der Waals surface area contributed by atoms with Crippen molar-refractivity contribution in [1.82, 2.24) is 9.80 Å². The fraction of sp³-hybridized carbons (Fsp3) is 0.857. The maximum absolute atomic E-state index is 12.4. The predicted molar refractivity (Wildman–Crippen MR) is 71.4 cm³/mol. The zero-order valence-corrected chi connectivity index (χ0v) is 11.9. The number of amides is 2. The van der Waals surface area contributed by atoms with Gasteiger partial charge in [0.25, 0.3) is 0 Å². The lowest BCUT2D eigenvalue weighted by molar-refractivity contribution is -0.145. The topological polar surface area (TPSA) is 60.9 Å². The van der Waals surface area contributed by atoms with Gasteiger partial charge in [-0.3, -0.25) is 9.59 Å². The minimum absolute atomic E-state index is 0.0181. The Bertz CT molecular complexity index is 360. The molecule has 19 heavy (non-hydrogen) atoms. The normalized spacial score (nSPS) is 29.4. The van der Waals surface area contributed by atoms with E-state index < -0.39 is 5.60 Å². The molecular formula is C14H24N2O3. The van der Waals surface area contributed by atoms with Crippen molar-refractivity contribution in [3.05, 3.63) is 0 Å². The van der Waals surface area contributed by atoms with Crippen molar-refractivity contribution in [3.63, 3.8) is 0 Å². The molecule has 0 radical (unpaired) electrons. The summed E-state index contributed by atoms with van der Waals surface area (Å²) >= 11 is 0. The first kappa shape index (κ1) is 14.3. The molecule has 0 saturated carbocycles. The van der Waals surface area contributed by atoms with Crippen LogP contribution in [0, 0.1) is 5.92 Å². The van der Waals surface area contributed by atoms with Crippen molar-refractivity contribution in [1.29, 1.82) is 0 Å². The second-order valence-corrected chi connectivity index (χ2v) is 6.14. The summed E-state index contributed by atoms with van der Waals surface area (Å²) in [6, 6.07) is 0. The average Bonchev–Trinajstić information content (AvgIpc) is 2.37. The van der Waals surface area contributed by atoms with Crippen LogP contribution in [-0.2, 0) is 9.59 Å². The largest absolute Gasteiger partial charge is 0.388 e. The quantitative estimate of drug-likeness (QED) is 0.758. The molecule has 1 unspecified atom stereocenters. The Morgan fingerprint density at radius 2 is 1.79 bits per heavy atom. The number of hydrogen-bond acceptors (Lipinski definition) is 3. The Morgan fingerprint density at radius 3 is 2.32 bits per heavy atom. The standard InChI is InChI=1S/C14H24N2O3/c1-11(17)15-8-4-12(5-9-15)13(18)16-7-3-6-14(2,19)10-16/h12,19H,3-10H2,1-2H3. The highest BCUT2D eigenvalue weighted by molar-refractivity contribution is 5.80. The molecule has 2 fully saturated rings. The van der Waals surface area contributed by atoms with Gasteiger partial charge in [0.1, 0.15) is 0 Å². The predicted octanol–water partition coefficient (Wildman–Crippen LogP) is 0.618. The number of carbonyl (C=O) groups is 2. The van der Waals surface area contributed by atoms with E-state index in [0.717, 1.165) is 32.2 Å². The van der Waals surface area contributed by atoms with Gasteiger partial charge in [-0.05, 0) is 32.6 Å². The number of β-amino-alcohol motifs (C(OH)–C–C–N with tert-alkyl or cyclic N) is 1. The number of aliphatic hydroxyl groups is 1. The lowest BCUT2D eigenvalue weighted by Crippen LogP contribution is -2.51. The molecule has 2 aliphatic rings. The van der Waals surface area contributed by atoms with E-state index in [0.29, 0.717) is 19.6 Å². The third-order valence-electron chi connectivity index (χ3n) is 4.28. The number of likely N-dealkylation sites (tertiary alicyclic amines) is 2. The minimum Gasteiger partial charge on any atom is -0.388 e. The van der Waals surface area contributed by atoms with Crippen molar-refractivity contribution in [2.24, 2.45) is 5.92 Å². The summed E-state index contributed by atoms with van der Waals surface area (Å²) < 4.78 is 0. The molecule has 0 aromatic rings. The summed E-state index contributed by atoms with van der Waals surface area (Å²) in [6.45, 7) is 5.92.